The van der Waals surface area contributed by atoms with Crippen molar-refractivity contribution in [1.82, 2.24) is 9.55 Å². The van der Waals surface area contributed by atoms with E-state index in [0.717, 1.165) is 27.7 Å². The van der Waals surface area contributed by atoms with E-state index in [-0.39, 0.29) is 17.2 Å². The highest BCUT2D eigenvalue weighted by atomic mass is 79.9. The van der Waals surface area contributed by atoms with Gasteiger partial charge < -0.3 is 5.32 Å². The van der Waals surface area contributed by atoms with Gasteiger partial charge in [-0.3, -0.25) is 14.2 Å². The standard InChI is InChI=1S/C21H22BrN3O2S/c1-4-9-25-20(27)16-11-15(22)7-8-17(16)24-21(25)28-12-19(26)23-18-10-13(2)5-6-14(18)3/h5-8,10-11H,4,9,12H2,1-3H3,(H,23,26). The predicted octanol–water partition coefficient (Wildman–Crippen LogP) is 4.92. The minimum absolute atomic E-state index is 0.0782. The van der Waals surface area contributed by atoms with Gasteiger partial charge in [0.1, 0.15) is 0 Å². The number of halogens is 1. The van der Waals surface area contributed by atoms with Crippen molar-refractivity contribution in [3.63, 3.8) is 0 Å². The van der Waals surface area contributed by atoms with E-state index in [2.05, 4.69) is 26.2 Å². The topological polar surface area (TPSA) is 64.0 Å². The smallest absolute Gasteiger partial charge is 0.262 e. The number of hydrogen-bond acceptors (Lipinski definition) is 4. The third-order valence-corrected chi connectivity index (χ3v) is 5.80. The minimum Gasteiger partial charge on any atom is -0.325 e. The van der Waals surface area contributed by atoms with Crippen molar-refractivity contribution in [2.45, 2.75) is 38.9 Å². The predicted molar refractivity (Wildman–Crippen MR) is 119 cm³/mol. The van der Waals surface area contributed by atoms with Gasteiger partial charge in [0.15, 0.2) is 5.16 Å². The Labute approximate surface area is 176 Å². The van der Waals surface area contributed by atoms with Crippen molar-refractivity contribution in [2.24, 2.45) is 0 Å². The summed E-state index contributed by atoms with van der Waals surface area (Å²) < 4.78 is 2.50. The van der Waals surface area contributed by atoms with Crippen LogP contribution in [0.2, 0.25) is 0 Å². The van der Waals surface area contributed by atoms with Gasteiger partial charge in [0.2, 0.25) is 5.91 Å². The quantitative estimate of drug-likeness (QED) is 0.419. The van der Waals surface area contributed by atoms with Crippen molar-refractivity contribution in [2.75, 3.05) is 11.1 Å². The van der Waals surface area contributed by atoms with Gasteiger partial charge in [-0.15, -0.1) is 0 Å². The number of thioether (sulfide) groups is 1. The molecule has 28 heavy (non-hydrogen) atoms. The molecule has 146 valence electrons. The van der Waals surface area contributed by atoms with Crippen LogP contribution < -0.4 is 10.9 Å². The van der Waals surface area contributed by atoms with Gasteiger partial charge in [0.05, 0.1) is 16.7 Å². The number of aromatic nitrogens is 2. The molecular weight excluding hydrogens is 438 g/mol. The molecule has 0 saturated heterocycles. The van der Waals surface area contributed by atoms with Gasteiger partial charge in [-0.2, -0.15) is 0 Å². The second-order valence-corrected chi connectivity index (χ2v) is 8.53. The lowest BCUT2D eigenvalue weighted by Crippen LogP contribution is -2.24. The average Bonchev–Trinajstić information content (AvgIpc) is 2.66. The van der Waals surface area contributed by atoms with Crippen molar-refractivity contribution < 1.29 is 4.79 Å². The number of carbonyl (C=O) groups excluding carboxylic acids is 1. The second kappa shape index (κ2) is 8.92. The zero-order valence-electron chi connectivity index (χ0n) is 16.1. The fraction of sp³-hybridized carbons (Fsp3) is 0.286. The minimum atomic E-state index is -0.119. The summed E-state index contributed by atoms with van der Waals surface area (Å²) in [6.45, 7) is 6.53. The molecule has 0 aliphatic carbocycles. The van der Waals surface area contributed by atoms with Crippen LogP contribution in [0.15, 0.2) is 50.8 Å². The number of aryl methyl sites for hydroxylation is 2. The highest BCUT2D eigenvalue weighted by Crippen LogP contribution is 2.22. The van der Waals surface area contributed by atoms with Gasteiger partial charge in [-0.25, -0.2) is 4.98 Å². The zero-order chi connectivity index (χ0) is 20.3. The second-order valence-electron chi connectivity index (χ2n) is 6.67. The first-order valence-corrected chi connectivity index (χ1v) is 10.9. The summed E-state index contributed by atoms with van der Waals surface area (Å²) in [5.74, 6) is 0.0675. The van der Waals surface area contributed by atoms with Crippen LogP contribution in [0.4, 0.5) is 5.69 Å². The van der Waals surface area contributed by atoms with E-state index in [1.165, 1.54) is 11.8 Å². The number of rotatable bonds is 6. The molecule has 1 amide bonds. The van der Waals surface area contributed by atoms with Crippen molar-refractivity contribution in [3.8, 4) is 0 Å². The Balaban J connectivity index is 1.84. The maximum Gasteiger partial charge on any atom is 0.262 e. The van der Waals surface area contributed by atoms with E-state index in [9.17, 15) is 9.59 Å². The van der Waals surface area contributed by atoms with Crippen LogP contribution in [0, 0.1) is 13.8 Å². The maximum absolute atomic E-state index is 12.9. The molecule has 2 aromatic carbocycles. The summed E-state index contributed by atoms with van der Waals surface area (Å²) in [6, 6.07) is 11.4. The summed E-state index contributed by atoms with van der Waals surface area (Å²) in [4.78, 5) is 30.0. The first kappa shape index (κ1) is 20.6. The summed E-state index contributed by atoms with van der Waals surface area (Å²) in [5, 5.41) is 4.09. The third kappa shape index (κ3) is 4.64. The number of benzene rings is 2. The summed E-state index contributed by atoms with van der Waals surface area (Å²) in [6.07, 6.45) is 0.809. The fourth-order valence-corrected chi connectivity index (χ4v) is 4.08. The summed E-state index contributed by atoms with van der Waals surface area (Å²) >= 11 is 4.69. The van der Waals surface area contributed by atoms with Crippen molar-refractivity contribution in [1.29, 1.82) is 0 Å². The maximum atomic E-state index is 12.9. The van der Waals surface area contributed by atoms with Gasteiger partial charge in [0.25, 0.3) is 5.56 Å². The molecule has 0 spiro atoms. The Morgan fingerprint density at radius 3 is 2.75 bits per heavy atom. The van der Waals surface area contributed by atoms with Crippen LogP contribution in [0.3, 0.4) is 0 Å². The van der Waals surface area contributed by atoms with Crippen LogP contribution in [-0.2, 0) is 11.3 Å². The number of fused-ring (bicyclic) bond motifs is 1. The van der Waals surface area contributed by atoms with Crippen molar-refractivity contribution in [3.05, 3.63) is 62.4 Å². The van der Waals surface area contributed by atoms with E-state index in [1.54, 1.807) is 10.6 Å². The molecule has 0 atom stereocenters. The van der Waals surface area contributed by atoms with Crippen LogP contribution in [0.25, 0.3) is 10.9 Å². The normalized spacial score (nSPS) is 11.0. The largest absolute Gasteiger partial charge is 0.325 e. The van der Waals surface area contributed by atoms with Gasteiger partial charge >= 0.3 is 0 Å². The molecule has 3 rings (SSSR count). The molecular formula is C21H22BrN3O2S. The lowest BCUT2D eigenvalue weighted by molar-refractivity contribution is -0.113. The first-order chi connectivity index (χ1) is 13.4. The molecule has 0 fully saturated rings. The fourth-order valence-electron chi connectivity index (χ4n) is 2.89. The van der Waals surface area contributed by atoms with E-state index < -0.39 is 0 Å². The molecule has 0 radical (unpaired) electrons. The van der Waals surface area contributed by atoms with E-state index in [1.807, 2.05) is 51.1 Å². The highest BCUT2D eigenvalue weighted by Gasteiger charge is 2.14. The number of amides is 1. The molecule has 1 N–H and O–H groups in total. The zero-order valence-corrected chi connectivity index (χ0v) is 18.5. The Kier molecular flexibility index (Phi) is 6.57. The number of nitrogens with one attached hydrogen (secondary N) is 1. The van der Waals surface area contributed by atoms with Gasteiger partial charge in [0, 0.05) is 16.7 Å². The monoisotopic (exact) mass is 459 g/mol. The van der Waals surface area contributed by atoms with Crippen LogP contribution in [0.1, 0.15) is 24.5 Å². The highest BCUT2D eigenvalue weighted by molar-refractivity contribution is 9.10. The Bertz CT molecular complexity index is 1090. The molecule has 1 heterocycles. The average molecular weight is 460 g/mol. The Morgan fingerprint density at radius 1 is 1.21 bits per heavy atom. The summed E-state index contributed by atoms with van der Waals surface area (Å²) in [5.41, 5.74) is 3.48. The molecule has 1 aromatic heterocycles. The summed E-state index contributed by atoms with van der Waals surface area (Å²) in [7, 11) is 0. The lowest BCUT2D eigenvalue weighted by Gasteiger charge is -2.13. The van der Waals surface area contributed by atoms with Crippen molar-refractivity contribution >= 4 is 50.2 Å². The molecule has 0 aliphatic heterocycles. The molecule has 0 bridgehead atoms. The first-order valence-electron chi connectivity index (χ1n) is 9.09. The van der Waals surface area contributed by atoms with E-state index >= 15 is 0 Å². The molecule has 0 saturated carbocycles. The molecule has 0 aliphatic rings. The van der Waals surface area contributed by atoms with Crippen LogP contribution >= 0.6 is 27.7 Å². The van der Waals surface area contributed by atoms with Crippen LogP contribution in [0.5, 0.6) is 0 Å². The van der Waals surface area contributed by atoms with Crippen LogP contribution in [-0.4, -0.2) is 21.2 Å². The third-order valence-electron chi connectivity index (χ3n) is 4.33. The SMILES string of the molecule is CCCn1c(SCC(=O)Nc2cc(C)ccc2C)nc2ccc(Br)cc2c1=O. The lowest BCUT2D eigenvalue weighted by atomic mass is 10.1. The van der Waals surface area contributed by atoms with Gasteiger partial charge in [-0.1, -0.05) is 46.7 Å². The molecule has 3 aromatic rings. The number of hydrogen-bond donors (Lipinski definition) is 1. The number of carbonyl (C=O) groups is 1. The Hall–Kier alpha value is -2.12. The molecule has 7 heteroatoms. The molecule has 5 nitrogen and oxygen atoms in total. The van der Waals surface area contributed by atoms with Gasteiger partial charge in [-0.05, 0) is 55.7 Å². The van der Waals surface area contributed by atoms with E-state index in [0.29, 0.717) is 22.6 Å². The Morgan fingerprint density at radius 2 is 2.00 bits per heavy atom. The van der Waals surface area contributed by atoms with E-state index in [4.69, 9.17) is 0 Å². The number of nitrogens with zero attached hydrogens (tertiary/aromatic N) is 2. The molecule has 0 unspecified atom stereocenters. The number of anilines is 1.